The second-order valence-corrected chi connectivity index (χ2v) is 23.2. The topological polar surface area (TPSA) is 196 Å². The molecule has 1 unspecified atom stereocenters. The Kier molecular flexibility index (Phi) is 15.0. The number of rotatable bonds is 17. The van der Waals surface area contributed by atoms with E-state index in [1.807, 2.05) is 43.3 Å². The number of ether oxygens (including phenoxy) is 2. The normalized spacial score (nSPS) is 21.8. The summed E-state index contributed by atoms with van der Waals surface area (Å²) in [6, 6.07) is 28.6. The fourth-order valence-corrected chi connectivity index (χ4v) is 14.6. The van der Waals surface area contributed by atoms with Crippen LogP contribution in [0.2, 0.25) is 5.04 Å². The van der Waals surface area contributed by atoms with Gasteiger partial charge in [-0.15, -0.1) is 0 Å². The molecule has 348 valence electrons. The van der Waals surface area contributed by atoms with Crippen molar-refractivity contribution in [3.8, 4) is 0 Å². The number of aromatic amines is 1. The Balaban J connectivity index is 1.23. The highest BCUT2D eigenvalue weighted by Crippen LogP contribution is 2.54. The zero-order valence-corrected chi connectivity index (χ0v) is 39.6. The Morgan fingerprint density at radius 3 is 2.05 bits per heavy atom. The standard InChI is InChI=1S/C47H55N6O11PSi/c1-8-36-37(26-40(61-36)53-29-32(3)43(54)51-46(53)57)63-65(58,59-25-24-48-7)60-30-39-38(64-66(47(4,5)6,34-20-14-10-15-21-34)35-22-16-11-17-23-35)27-41(62-39)52-28-31(2)42(50-45(52)56)49-44(55)33-18-12-9-13-19-33/h9-23,28-29,36-41H,8,24-27,30H2,1-6H3,(H,51,54,57)(H,49,50,55,56)/t36-,37-,38-,39-,40-,41-,65?/m1/s1. The van der Waals surface area contributed by atoms with Crippen molar-refractivity contribution in [2.75, 3.05) is 25.1 Å². The van der Waals surface area contributed by atoms with Gasteiger partial charge in [-0.05, 0) is 47.8 Å². The molecule has 2 aromatic heterocycles. The molecule has 1 amide bonds. The number of carbonyl (C=O) groups is 1. The molecule has 7 atom stereocenters. The average molecular weight is 939 g/mol. The van der Waals surface area contributed by atoms with E-state index in [2.05, 4.69) is 65.2 Å². The Labute approximate surface area is 383 Å². The van der Waals surface area contributed by atoms with Crippen molar-refractivity contribution in [1.29, 1.82) is 0 Å². The van der Waals surface area contributed by atoms with Crippen LogP contribution in [0.15, 0.2) is 118 Å². The number of carbonyl (C=O) groups excluding carboxylic acids is 1. The van der Waals surface area contributed by atoms with Gasteiger partial charge in [-0.1, -0.05) is 107 Å². The Morgan fingerprint density at radius 1 is 0.864 bits per heavy atom. The highest BCUT2D eigenvalue weighted by atomic mass is 31.2. The monoisotopic (exact) mass is 938 g/mol. The Morgan fingerprint density at radius 2 is 1.44 bits per heavy atom. The van der Waals surface area contributed by atoms with E-state index in [-0.39, 0.29) is 31.8 Å². The first-order valence-electron chi connectivity index (χ1n) is 21.8. The highest BCUT2D eigenvalue weighted by Gasteiger charge is 2.54. The summed E-state index contributed by atoms with van der Waals surface area (Å²) < 4.78 is 56.1. The number of hydrogen-bond donors (Lipinski definition) is 2. The number of nitrogens with zero attached hydrogens (tertiary/aromatic N) is 4. The van der Waals surface area contributed by atoms with Crippen molar-refractivity contribution in [3.05, 3.63) is 163 Å². The van der Waals surface area contributed by atoms with E-state index in [0.717, 1.165) is 10.4 Å². The summed E-state index contributed by atoms with van der Waals surface area (Å²) in [6.45, 7) is 18.1. The third kappa shape index (κ3) is 10.5. The quantitative estimate of drug-likeness (QED) is 0.0476. The van der Waals surface area contributed by atoms with Gasteiger partial charge in [0.05, 0.1) is 24.9 Å². The third-order valence-electron chi connectivity index (χ3n) is 11.8. The van der Waals surface area contributed by atoms with Gasteiger partial charge in [-0.25, -0.2) is 20.7 Å². The molecule has 2 N–H and O–H groups in total. The van der Waals surface area contributed by atoms with Gasteiger partial charge >= 0.3 is 19.2 Å². The first kappa shape index (κ1) is 48.3. The fraction of sp³-hybridized carbons (Fsp3) is 0.404. The maximum atomic E-state index is 14.8. The number of anilines is 1. The maximum absolute atomic E-state index is 14.8. The molecular formula is C47H55N6O11PSi. The van der Waals surface area contributed by atoms with Crippen LogP contribution in [0.25, 0.3) is 4.85 Å². The molecule has 0 spiro atoms. The van der Waals surface area contributed by atoms with Gasteiger partial charge in [-0.2, -0.15) is 4.98 Å². The van der Waals surface area contributed by atoms with Crippen LogP contribution < -0.4 is 32.6 Å². The molecule has 0 bridgehead atoms. The van der Waals surface area contributed by atoms with E-state index >= 15 is 0 Å². The zero-order chi connectivity index (χ0) is 47.2. The lowest BCUT2D eigenvalue weighted by Gasteiger charge is -2.45. The van der Waals surface area contributed by atoms with Crippen LogP contribution in [0.5, 0.6) is 0 Å². The molecule has 66 heavy (non-hydrogen) atoms. The molecule has 7 rings (SSSR count). The molecule has 17 nitrogen and oxygen atoms in total. The number of aryl methyl sites for hydroxylation is 2. The van der Waals surface area contributed by atoms with Crippen LogP contribution >= 0.6 is 7.82 Å². The fourth-order valence-electron chi connectivity index (χ4n) is 8.50. The van der Waals surface area contributed by atoms with Crippen molar-refractivity contribution in [1.82, 2.24) is 19.1 Å². The predicted octanol–water partition coefficient (Wildman–Crippen LogP) is 6.04. The van der Waals surface area contributed by atoms with Crippen LogP contribution in [-0.4, -0.2) is 77.5 Å². The van der Waals surface area contributed by atoms with E-state index in [1.165, 1.54) is 15.3 Å². The lowest BCUT2D eigenvalue weighted by Crippen LogP contribution is -2.68. The summed E-state index contributed by atoms with van der Waals surface area (Å²) in [5, 5.41) is 4.27. The Hall–Kier alpha value is -5.61. The van der Waals surface area contributed by atoms with Crippen molar-refractivity contribution in [2.45, 2.75) is 103 Å². The largest absolute Gasteiger partial charge is 0.475 e. The summed E-state index contributed by atoms with van der Waals surface area (Å²) in [5.41, 5.74) is -0.675. The van der Waals surface area contributed by atoms with Crippen LogP contribution in [0.3, 0.4) is 0 Å². The molecule has 0 saturated carbocycles. The van der Waals surface area contributed by atoms with Gasteiger partial charge in [0.2, 0.25) is 6.54 Å². The van der Waals surface area contributed by atoms with E-state index in [9.17, 15) is 23.7 Å². The number of amides is 1. The first-order chi connectivity index (χ1) is 31.6. The SMILES string of the molecule is [C-]#[N+]CCOP(=O)(OC[C@H]1O[C@@H](n2cc(C)c(NC(=O)c3ccccc3)nc2=O)C[C@H]1O[Si](c1ccccc1)(c1ccccc1)C(C)(C)C)O[C@@H]1C[C@H](n2cc(C)c(=O)[nH]c2=O)O[C@@H]1CC. The molecule has 0 radical (unpaired) electrons. The minimum absolute atomic E-state index is 0.0576. The molecule has 19 heteroatoms. The highest BCUT2D eigenvalue weighted by molar-refractivity contribution is 7.48. The van der Waals surface area contributed by atoms with E-state index < -0.39 is 87.5 Å². The molecule has 5 aromatic rings. The van der Waals surface area contributed by atoms with E-state index in [4.69, 9.17) is 34.0 Å². The van der Waals surface area contributed by atoms with E-state index in [0.29, 0.717) is 23.1 Å². The average Bonchev–Trinajstić information content (AvgIpc) is 3.90. The van der Waals surface area contributed by atoms with Gasteiger partial charge in [0.1, 0.15) is 31.0 Å². The molecular weight excluding hydrogens is 884 g/mol. The predicted molar refractivity (Wildman–Crippen MR) is 249 cm³/mol. The van der Waals surface area contributed by atoms with Gasteiger partial charge in [-0.3, -0.25) is 37.3 Å². The number of H-pyrrole nitrogens is 1. The number of phosphoric ester groups is 1. The number of hydrogen-bond acceptors (Lipinski definition) is 12. The molecule has 3 aromatic carbocycles. The minimum Gasteiger partial charge on any atom is -0.402 e. The number of aromatic nitrogens is 4. The van der Waals surface area contributed by atoms with Crippen LogP contribution in [-0.2, 0) is 32.0 Å². The van der Waals surface area contributed by atoms with Gasteiger partial charge in [0.25, 0.3) is 19.8 Å². The molecule has 2 aliphatic heterocycles. The van der Waals surface area contributed by atoms with E-state index in [1.54, 1.807) is 50.4 Å². The van der Waals surface area contributed by atoms with Crippen LogP contribution in [0.4, 0.5) is 5.82 Å². The summed E-state index contributed by atoms with van der Waals surface area (Å²) in [4.78, 5) is 61.8. The lowest BCUT2D eigenvalue weighted by molar-refractivity contribution is -0.0518. The number of nitrogens with one attached hydrogen (secondary N) is 2. The van der Waals surface area contributed by atoms with Gasteiger partial charge < -0.3 is 24.1 Å². The summed E-state index contributed by atoms with van der Waals surface area (Å²) in [6.07, 6.45) is -1.54. The maximum Gasteiger partial charge on any atom is 0.475 e. The molecule has 2 aliphatic rings. The summed E-state index contributed by atoms with van der Waals surface area (Å²) in [7, 11) is -7.83. The first-order valence-corrected chi connectivity index (χ1v) is 25.2. The Bertz CT molecular complexity index is 2720. The third-order valence-corrected chi connectivity index (χ3v) is 18.3. The number of phosphoric acid groups is 1. The summed E-state index contributed by atoms with van der Waals surface area (Å²) >= 11 is 0. The molecule has 0 aliphatic carbocycles. The smallest absolute Gasteiger partial charge is 0.402 e. The number of benzene rings is 3. The van der Waals surface area contributed by atoms with Gasteiger partial charge in [0, 0.05) is 41.9 Å². The van der Waals surface area contributed by atoms with Crippen LogP contribution in [0, 0.1) is 20.4 Å². The van der Waals surface area contributed by atoms with Crippen molar-refractivity contribution >= 4 is 38.2 Å². The van der Waals surface area contributed by atoms with Crippen molar-refractivity contribution in [3.63, 3.8) is 0 Å². The molecule has 2 saturated heterocycles. The minimum atomic E-state index is -4.54. The zero-order valence-electron chi connectivity index (χ0n) is 37.7. The van der Waals surface area contributed by atoms with Gasteiger partial charge in [0.15, 0.2) is 0 Å². The molecule has 2 fully saturated rings. The second-order valence-electron chi connectivity index (χ2n) is 17.3. The lowest BCUT2D eigenvalue weighted by atomic mass is 10.1. The second kappa shape index (κ2) is 20.5. The summed E-state index contributed by atoms with van der Waals surface area (Å²) in [5.74, 6) is -0.325. The van der Waals surface area contributed by atoms with Crippen LogP contribution in [0.1, 0.15) is 80.9 Å². The van der Waals surface area contributed by atoms with Crippen molar-refractivity contribution < 1.29 is 36.8 Å². The molecule has 4 heterocycles. The van der Waals surface area contributed by atoms with Crippen molar-refractivity contribution in [2.24, 2.45) is 0 Å².